The summed E-state index contributed by atoms with van der Waals surface area (Å²) in [5.74, 6) is -3.97. The second-order valence-electron chi connectivity index (χ2n) is 6.08. The number of ether oxygens (including phenoxy) is 1. The van der Waals surface area contributed by atoms with Crippen molar-refractivity contribution >= 4 is 11.9 Å². The van der Waals surface area contributed by atoms with E-state index >= 15 is 0 Å². The van der Waals surface area contributed by atoms with Crippen molar-refractivity contribution in [2.45, 2.75) is 39.4 Å². The Kier molecular flexibility index (Phi) is 2.69. The zero-order valence-electron chi connectivity index (χ0n) is 10.2. The van der Waals surface area contributed by atoms with Crippen molar-refractivity contribution in [3.63, 3.8) is 0 Å². The molecule has 5 heteroatoms. The van der Waals surface area contributed by atoms with Crippen LogP contribution in [0.1, 0.15) is 27.2 Å². The van der Waals surface area contributed by atoms with Crippen molar-refractivity contribution in [1.29, 1.82) is 0 Å². The van der Waals surface area contributed by atoms with Gasteiger partial charge >= 0.3 is 11.9 Å². The number of rotatable bonds is 2. The molecule has 1 aliphatic heterocycles. The number of epoxide rings is 1. The van der Waals surface area contributed by atoms with Gasteiger partial charge in [-0.1, -0.05) is 20.8 Å². The predicted octanol–water partition coefficient (Wildman–Crippen LogP) is 1.22. The van der Waals surface area contributed by atoms with E-state index in [0.29, 0.717) is 6.42 Å². The van der Waals surface area contributed by atoms with Crippen molar-refractivity contribution in [3.8, 4) is 0 Å². The number of hydrogen-bond acceptors (Lipinski definition) is 3. The smallest absolute Gasteiger partial charge is 0.307 e. The molecule has 2 aliphatic rings. The van der Waals surface area contributed by atoms with Gasteiger partial charge in [0, 0.05) is 5.92 Å². The van der Waals surface area contributed by atoms with E-state index in [9.17, 15) is 14.7 Å². The first kappa shape index (κ1) is 12.4. The average Bonchev–Trinajstić information content (AvgIpc) is 2.90. The molecule has 1 saturated carbocycles. The van der Waals surface area contributed by atoms with Gasteiger partial charge in [0.2, 0.25) is 0 Å². The molecule has 0 radical (unpaired) electrons. The fourth-order valence-corrected chi connectivity index (χ4v) is 3.13. The molecule has 0 spiro atoms. The van der Waals surface area contributed by atoms with Crippen LogP contribution in [0.5, 0.6) is 0 Å². The summed E-state index contributed by atoms with van der Waals surface area (Å²) in [6, 6.07) is 0. The third-order valence-corrected chi connectivity index (χ3v) is 3.88. The molecule has 0 aromatic carbocycles. The molecule has 2 fully saturated rings. The first-order chi connectivity index (χ1) is 7.73. The van der Waals surface area contributed by atoms with Gasteiger partial charge in [-0.25, -0.2) is 0 Å². The van der Waals surface area contributed by atoms with Crippen LogP contribution in [0.4, 0.5) is 0 Å². The Bertz CT molecular complexity index is 356. The summed E-state index contributed by atoms with van der Waals surface area (Å²) in [6.45, 7) is 5.82. The molecule has 0 aromatic heterocycles. The van der Waals surface area contributed by atoms with Crippen LogP contribution in [-0.4, -0.2) is 34.4 Å². The summed E-state index contributed by atoms with van der Waals surface area (Å²) in [6.07, 6.45) is 0.187. The lowest BCUT2D eigenvalue weighted by Crippen LogP contribution is -2.47. The van der Waals surface area contributed by atoms with Gasteiger partial charge in [0.15, 0.2) is 0 Å². The fraction of sp³-hybridized carbons (Fsp3) is 0.833. The van der Waals surface area contributed by atoms with Gasteiger partial charge in [-0.2, -0.15) is 0 Å². The lowest BCUT2D eigenvalue weighted by molar-refractivity contribution is -0.160. The van der Waals surface area contributed by atoms with Gasteiger partial charge < -0.3 is 14.9 Å². The molecule has 1 aliphatic carbocycles. The van der Waals surface area contributed by atoms with E-state index in [4.69, 9.17) is 9.84 Å². The van der Waals surface area contributed by atoms with Crippen molar-refractivity contribution in [3.05, 3.63) is 0 Å². The Morgan fingerprint density at radius 1 is 1.18 bits per heavy atom. The third-order valence-electron chi connectivity index (χ3n) is 3.88. The molecule has 5 nitrogen and oxygen atoms in total. The van der Waals surface area contributed by atoms with Crippen LogP contribution in [0.3, 0.4) is 0 Å². The summed E-state index contributed by atoms with van der Waals surface area (Å²) >= 11 is 0. The number of aliphatic carboxylic acids is 2. The summed E-state index contributed by atoms with van der Waals surface area (Å²) in [5.41, 5.74) is -0.267. The molecule has 2 rings (SSSR count). The van der Waals surface area contributed by atoms with Crippen molar-refractivity contribution in [2.24, 2.45) is 23.2 Å². The molecule has 17 heavy (non-hydrogen) atoms. The minimum Gasteiger partial charge on any atom is -0.481 e. The molecule has 0 bridgehead atoms. The summed E-state index contributed by atoms with van der Waals surface area (Å²) in [5, 5.41) is 18.5. The third kappa shape index (κ3) is 2.04. The fourth-order valence-electron chi connectivity index (χ4n) is 3.13. The highest BCUT2D eigenvalue weighted by molar-refractivity contribution is 5.81. The molecule has 2 N–H and O–H groups in total. The second kappa shape index (κ2) is 3.70. The maximum absolute atomic E-state index is 11.4. The zero-order chi connectivity index (χ0) is 13.0. The van der Waals surface area contributed by atoms with E-state index in [1.807, 2.05) is 20.8 Å². The first-order valence-corrected chi connectivity index (χ1v) is 5.84. The number of carboxylic acid groups (broad SMARTS) is 2. The molecule has 5 atom stereocenters. The van der Waals surface area contributed by atoms with Crippen LogP contribution >= 0.6 is 0 Å². The molecule has 0 aromatic rings. The predicted molar refractivity (Wildman–Crippen MR) is 58.5 cm³/mol. The average molecular weight is 242 g/mol. The monoisotopic (exact) mass is 242 g/mol. The minimum atomic E-state index is -1.03. The maximum atomic E-state index is 11.4. The molecule has 3 unspecified atom stereocenters. The summed E-state index contributed by atoms with van der Waals surface area (Å²) in [4.78, 5) is 22.6. The van der Waals surface area contributed by atoms with E-state index in [1.54, 1.807) is 0 Å². The number of hydrogen-bond donors (Lipinski definition) is 2. The van der Waals surface area contributed by atoms with E-state index in [-0.39, 0.29) is 23.5 Å². The van der Waals surface area contributed by atoms with Gasteiger partial charge in [0.1, 0.15) is 0 Å². The van der Waals surface area contributed by atoms with Crippen molar-refractivity contribution in [1.82, 2.24) is 0 Å². The molecular weight excluding hydrogens is 224 g/mol. The standard InChI is InChI=1S/C12H18O5/c1-12(2,3)8-7(11(15)16)5(10(13)14)4-6-9(8)17-6/h5-9H,4H2,1-3H3,(H,13,14)(H,15,16)/t5?,6-,7?,8?,9-/m1/s1. The Hall–Kier alpha value is -1.10. The van der Waals surface area contributed by atoms with Crippen LogP contribution in [-0.2, 0) is 14.3 Å². The zero-order valence-corrected chi connectivity index (χ0v) is 10.2. The van der Waals surface area contributed by atoms with Gasteiger partial charge in [0.05, 0.1) is 24.0 Å². The molecule has 1 heterocycles. The topological polar surface area (TPSA) is 87.1 Å². The van der Waals surface area contributed by atoms with E-state index in [0.717, 1.165) is 0 Å². The van der Waals surface area contributed by atoms with E-state index in [2.05, 4.69) is 0 Å². The minimum absolute atomic E-state index is 0.0593. The number of carbonyl (C=O) groups is 2. The van der Waals surface area contributed by atoms with Crippen LogP contribution in [0.2, 0.25) is 0 Å². The van der Waals surface area contributed by atoms with Gasteiger partial charge in [-0.3, -0.25) is 9.59 Å². The van der Waals surface area contributed by atoms with Crippen LogP contribution < -0.4 is 0 Å². The Balaban J connectivity index is 2.34. The summed E-state index contributed by atoms with van der Waals surface area (Å²) in [7, 11) is 0. The van der Waals surface area contributed by atoms with Crippen molar-refractivity contribution < 1.29 is 24.5 Å². The second-order valence-corrected chi connectivity index (χ2v) is 6.08. The van der Waals surface area contributed by atoms with Gasteiger partial charge in [-0.05, 0) is 11.8 Å². The molecule has 96 valence electrons. The molecule has 0 amide bonds. The first-order valence-electron chi connectivity index (χ1n) is 5.84. The Morgan fingerprint density at radius 3 is 2.18 bits per heavy atom. The maximum Gasteiger partial charge on any atom is 0.307 e. The van der Waals surface area contributed by atoms with Crippen LogP contribution in [0.25, 0.3) is 0 Å². The quantitative estimate of drug-likeness (QED) is 0.711. The Morgan fingerprint density at radius 2 is 1.76 bits per heavy atom. The highest BCUT2D eigenvalue weighted by Gasteiger charge is 2.61. The number of carboxylic acids is 2. The largest absolute Gasteiger partial charge is 0.481 e. The normalized spacial score (nSPS) is 40.5. The Labute approximate surface area is 99.8 Å². The van der Waals surface area contributed by atoms with E-state index in [1.165, 1.54) is 0 Å². The molecule has 1 saturated heterocycles. The van der Waals surface area contributed by atoms with Crippen LogP contribution in [0, 0.1) is 23.2 Å². The van der Waals surface area contributed by atoms with E-state index < -0.39 is 23.8 Å². The van der Waals surface area contributed by atoms with Crippen molar-refractivity contribution in [2.75, 3.05) is 0 Å². The van der Waals surface area contributed by atoms with Gasteiger partial charge in [0.25, 0.3) is 0 Å². The summed E-state index contributed by atoms with van der Waals surface area (Å²) < 4.78 is 5.45. The van der Waals surface area contributed by atoms with Crippen LogP contribution in [0.15, 0.2) is 0 Å². The highest BCUT2D eigenvalue weighted by Crippen LogP contribution is 2.53. The highest BCUT2D eigenvalue weighted by atomic mass is 16.6. The van der Waals surface area contributed by atoms with Gasteiger partial charge in [-0.15, -0.1) is 0 Å². The molecular formula is C12H18O5. The number of fused-ring (bicyclic) bond motifs is 1. The lowest BCUT2D eigenvalue weighted by Gasteiger charge is -2.39. The SMILES string of the molecule is CC(C)(C)C1C(C(=O)O)C(C(=O)O)C[C@H]2O[C@@H]12. The lowest BCUT2D eigenvalue weighted by atomic mass is 9.62.